The number of rotatable bonds is 4. The van der Waals surface area contributed by atoms with E-state index in [1.807, 2.05) is 38.1 Å². The van der Waals surface area contributed by atoms with Crippen LogP contribution >= 0.6 is 0 Å². The molecule has 0 aliphatic rings. The molecule has 0 aliphatic carbocycles. The van der Waals surface area contributed by atoms with Crippen LogP contribution in [0, 0.1) is 25.2 Å². The van der Waals surface area contributed by atoms with Gasteiger partial charge in [0.05, 0.1) is 11.3 Å². The third-order valence-corrected chi connectivity index (χ3v) is 3.50. The van der Waals surface area contributed by atoms with Gasteiger partial charge in [-0.15, -0.1) is 0 Å². The van der Waals surface area contributed by atoms with Gasteiger partial charge in [-0.2, -0.15) is 5.26 Å². The molecule has 0 fully saturated rings. The minimum Gasteiger partial charge on any atom is -0.325 e. The van der Waals surface area contributed by atoms with Crippen molar-refractivity contribution in [3.8, 4) is 6.07 Å². The predicted octanol–water partition coefficient (Wildman–Crippen LogP) is 3.17. The number of nitrogens with zero attached hydrogens (tertiary/aromatic N) is 2. The Morgan fingerprint density at radius 1 is 1.12 bits per heavy atom. The fourth-order valence-corrected chi connectivity index (χ4v) is 2.56. The summed E-state index contributed by atoms with van der Waals surface area (Å²) in [6.07, 6.45) is 0. The maximum Gasteiger partial charge on any atom is 0.244 e. The van der Waals surface area contributed by atoms with Crippen molar-refractivity contribution in [1.29, 1.82) is 5.26 Å². The summed E-state index contributed by atoms with van der Waals surface area (Å²) in [4.78, 5) is 25.6. The van der Waals surface area contributed by atoms with Gasteiger partial charge in [0.2, 0.25) is 11.8 Å². The molecule has 0 unspecified atom stereocenters. The van der Waals surface area contributed by atoms with Crippen molar-refractivity contribution in [3.05, 3.63) is 59.2 Å². The molecule has 0 aliphatic heterocycles. The molecule has 5 nitrogen and oxygen atoms in total. The Hall–Kier alpha value is -3.13. The van der Waals surface area contributed by atoms with Crippen molar-refractivity contribution in [2.45, 2.75) is 20.8 Å². The van der Waals surface area contributed by atoms with Crippen LogP contribution in [0.5, 0.6) is 0 Å². The van der Waals surface area contributed by atoms with Crippen LogP contribution in [0.3, 0.4) is 0 Å². The number of nitriles is 1. The number of aryl methyl sites for hydroxylation is 2. The first-order chi connectivity index (χ1) is 11.4. The number of amides is 2. The van der Waals surface area contributed by atoms with Crippen molar-refractivity contribution in [2.75, 3.05) is 16.8 Å². The maximum absolute atomic E-state index is 12.3. The molecule has 1 N–H and O–H groups in total. The molecule has 5 heteroatoms. The molecule has 0 bridgehead atoms. The summed E-state index contributed by atoms with van der Waals surface area (Å²) in [6.45, 7) is 5.13. The van der Waals surface area contributed by atoms with Crippen LogP contribution in [-0.4, -0.2) is 18.4 Å². The second kappa shape index (κ2) is 7.42. The van der Waals surface area contributed by atoms with Crippen molar-refractivity contribution in [1.82, 2.24) is 0 Å². The van der Waals surface area contributed by atoms with Gasteiger partial charge in [-0.05, 0) is 49.2 Å². The second-order valence-corrected chi connectivity index (χ2v) is 5.66. The number of para-hydroxylation sites is 1. The van der Waals surface area contributed by atoms with E-state index in [2.05, 4.69) is 5.32 Å². The highest BCUT2D eigenvalue weighted by atomic mass is 16.2. The molecule has 0 atom stereocenters. The molecule has 0 radical (unpaired) electrons. The number of anilines is 2. The third-order valence-electron chi connectivity index (χ3n) is 3.50. The minimum absolute atomic E-state index is 0.152. The van der Waals surface area contributed by atoms with Gasteiger partial charge in [0.25, 0.3) is 0 Å². The Bertz CT molecular complexity index is 801. The van der Waals surface area contributed by atoms with Crippen molar-refractivity contribution in [2.24, 2.45) is 0 Å². The van der Waals surface area contributed by atoms with Gasteiger partial charge in [0, 0.05) is 12.6 Å². The van der Waals surface area contributed by atoms with E-state index in [0.717, 1.165) is 11.1 Å². The van der Waals surface area contributed by atoms with Crippen LogP contribution in [0.15, 0.2) is 42.5 Å². The van der Waals surface area contributed by atoms with Gasteiger partial charge in [-0.3, -0.25) is 9.59 Å². The van der Waals surface area contributed by atoms with E-state index in [-0.39, 0.29) is 18.4 Å². The van der Waals surface area contributed by atoms with Crippen LogP contribution in [0.2, 0.25) is 0 Å². The van der Waals surface area contributed by atoms with Crippen LogP contribution in [0.4, 0.5) is 11.4 Å². The monoisotopic (exact) mass is 321 g/mol. The Kier molecular flexibility index (Phi) is 5.33. The Morgan fingerprint density at radius 2 is 1.75 bits per heavy atom. The minimum atomic E-state index is -0.317. The van der Waals surface area contributed by atoms with E-state index in [1.165, 1.54) is 11.8 Å². The lowest BCUT2D eigenvalue weighted by molar-refractivity contribution is -0.120. The topological polar surface area (TPSA) is 73.2 Å². The summed E-state index contributed by atoms with van der Waals surface area (Å²) in [5.41, 5.74) is 3.57. The molecule has 0 saturated carbocycles. The fourth-order valence-electron chi connectivity index (χ4n) is 2.56. The maximum atomic E-state index is 12.3. The SMILES string of the molecule is CC(=O)N(CC(=O)Nc1cc(C)cc(C)c1)c1ccccc1C#N. The van der Waals surface area contributed by atoms with E-state index in [0.29, 0.717) is 16.9 Å². The van der Waals surface area contributed by atoms with Crippen LogP contribution in [0.25, 0.3) is 0 Å². The van der Waals surface area contributed by atoms with Gasteiger partial charge in [0.15, 0.2) is 0 Å². The highest BCUT2D eigenvalue weighted by Gasteiger charge is 2.18. The molecular weight excluding hydrogens is 302 g/mol. The average molecular weight is 321 g/mol. The van der Waals surface area contributed by atoms with Crippen molar-refractivity contribution >= 4 is 23.2 Å². The number of hydrogen-bond acceptors (Lipinski definition) is 3. The number of benzene rings is 2. The first kappa shape index (κ1) is 17.2. The summed E-state index contributed by atoms with van der Waals surface area (Å²) < 4.78 is 0. The number of carbonyl (C=O) groups excluding carboxylic acids is 2. The van der Waals surface area contributed by atoms with Crippen LogP contribution < -0.4 is 10.2 Å². The van der Waals surface area contributed by atoms with Gasteiger partial charge < -0.3 is 10.2 Å². The first-order valence-electron chi connectivity index (χ1n) is 7.56. The fraction of sp³-hybridized carbons (Fsp3) is 0.211. The predicted molar refractivity (Wildman–Crippen MR) is 93.7 cm³/mol. The van der Waals surface area contributed by atoms with Gasteiger partial charge in [-0.1, -0.05) is 18.2 Å². The normalized spacial score (nSPS) is 9.92. The molecule has 122 valence electrons. The lowest BCUT2D eigenvalue weighted by Crippen LogP contribution is -2.37. The number of carbonyl (C=O) groups is 2. The van der Waals surface area contributed by atoms with Gasteiger partial charge in [-0.25, -0.2) is 0 Å². The van der Waals surface area contributed by atoms with E-state index in [4.69, 9.17) is 0 Å². The van der Waals surface area contributed by atoms with Crippen LogP contribution in [-0.2, 0) is 9.59 Å². The highest BCUT2D eigenvalue weighted by Crippen LogP contribution is 2.20. The van der Waals surface area contributed by atoms with E-state index in [1.54, 1.807) is 24.3 Å². The standard InChI is InChI=1S/C19H19N3O2/c1-13-8-14(2)10-17(9-13)21-19(24)12-22(15(3)23)18-7-5-4-6-16(18)11-20/h4-10H,12H2,1-3H3,(H,21,24). The summed E-state index contributed by atoms with van der Waals surface area (Å²) >= 11 is 0. The summed E-state index contributed by atoms with van der Waals surface area (Å²) in [5, 5.41) is 12.0. The molecule has 0 heterocycles. The summed E-state index contributed by atoms with van der Waals surface area (Å²) in [7, 11) is 0. The summed E-state index contributed by atoms with van der Waals surface area (Å²) in [6, 6.07) is 14.5. The number of hydrogen-bond donors (Lipinski definition) is 1. The molecular formula is C19H19N3O2. The zero-order valence-corrected chi connectivity index (χ0v) is 14.0. The molecule has 0 aromatic heterocycles. The van der Waals surface area contributed by atoms with Gasteiger partial charge in [0.1, 0.15) is 12.6 Å². The molecule has 2 aromatic carbocycles. The quantitative estimate of drug-likeness (QED) is 0.940. The molecule has 2 rings (SSSR count). The van der Waals surface area contributed by atoms with Crippen molar-refractivity contribution < 1.29 is 9.59 Å². The molecule has 24 heavy (non-hydrogen) atoms. The third kappa shape index (κ3) is 4.20. The zero-order valence-electron chi connectivity index (χ0n) is 14.0. The van der Waals surface area contributed by atoms with Crippen molar-refractivity contribution in [3.63, 3.8) is 0 Å². The van der Waals surface area contributed by atoms with Gasteiger partial charge >= 0.3 is 0 Å². The smallest absolute Gasteiger partial charge is 0.244 e. The molecule has 2 aromatic rings. The highest BCUT2D eigenvalue weighted by molar-refractivity contribution is 6.02. The first-order valence-corrected chi connectivity index (χ1v) is 7.56. The number of nitrogens with one attached hydrogen (secondary N) is 1. The van der Waals surface area contributed by atoms with Crippen LogP contribution in [0.1, 0.15) is 23.6 Å². The largest absolute Gasteiger partial charge is 0.325 e. The van der Waals surface area contributed by atoms with E-state index < -0.39 is 0 Å². The Morgan fingerprint density at radius 3 is 2.33 bits per heavy atom. The molecule has 2 amide bonds. The average Bonchev–Trinajstić information content (AvgIpc) is 2.51. The Balaban J connectivity index is 2.20. The van der Waals surface area contributed by atoms with E-state index >= 15 is 0 Å². The van der Waals surface area contributed by atoms with E-state index in [9.17, 15) is 14.9 Å². The Labute approximate surface area is 141 Å². The zero-order chi connectivity index (χ0) is 17.7. The molecule has 0 spiro atoms. The lowest BCUT2D eigenvalue weighted by atomic mass is 10.1. The summed E-state index contributed by atoms with van der Waals surface area (Å²) in [5.74, 6) is -0.615. The second-order valence-electron chi connectivity index (χ2n) is 5.66. The lowest BCUT2D eigenvalue weighted by Gasteiger charge is -2.21. The molecule has 0 saturated heterocycles.